The molecule has 1 rings (SSSR count). The SMILES string of the molecule is CCCC(C)NCCOc1c(C)cc(C)cc1C. The van der Waals surface area contributed by atoms with E-state index < -0.39 is 0 Å². The lowest BCUT2D eigenvalue weighted by Crippen LogP contribution is -2.30. The molecule has 0 aromatic heterocycles. The maximum absolute atomic E-state index is 5.89. The van der Waals surface area contributed by atoms with Crippen LogP contribution in [0.15, 0.2) is 12.1 Å². The van der Waals surface area contributed by atoms with Crippen LogP contribution in [0.1, 0.15) is 43.4 Å². The Kier molecular flexibility index (Phi) is 6.20. The smallest absolute Gasteiger partial charge is 0.125 e. The zero-order valence-corrected chi connectivity index (χ0v) is 12.5. The van der Waals surface area contributed by atoms with E-state index in [-0.39, 0.29) is 0 Å². The van der Waals surface area contributed by atoms with Gasteiger partial charge in [-0.3, -0.25) is 0 Å². The van der Waals surface area contributed by atoms with Gasteiger partial charge in [-0.05, 0) is 45.2 Å². The highest BCUT2D eigenvalue weighted by Gasteiger charge is 2.05. The van der Waals surface area contributed by atoms with Gasteiger partial charge in [0.05, 0.1) is 0 Å². The van der Waals surface area contributed by atoms with Crippen molar-refractivity contribution in [3.8, 4) is 5.75 Å². The van der Waals surface area contributed by atoms with E-state index in [0.29, 0.717) is 6.04 Å². The van der Waals surface area contributed by atoms with E-state index in [1.165, 1.54) is 29.5 Å². The molecule has 0 amide bonds. The first-order valence-electron chi connectivity index (χ1n) is 6.98. The van der Waals surface area contributed by atoms with E-state index in [0.717, 1.165) is 18.9 Å². The summed E-state index contributed by atoms with van der Waals surface area (Å²) >= 11 is 0. The van der Waals surface area contributed by atoms with Crippen LogP contribution in [0.5, 0.6) is 5.75 Å². The van der Waals surface area contributed by atoms with E-state index in [1.807, 2.05) is 0 Å². The van der Waals surface area contributed by atoms with Crippen molar-refractivity contribution in [1.29, 1.82) is 0 Å². The molecule has 1 N–H and O–H groups in total. The molecule has 0 fully saturated rings. The minimum absolute atomic E-state index is 0.582. The highest BCUT2D eigenvalue weighted by atomic mass is 16.5. The van der Waals surface area contributed by atoms with E-state index >= 15 is 0 Å². The van der Waals surface area contributed by atoms with E-state index in [4.69, 9.17) is 4.74 Å². The van der Waals surface area contributed by atoms with Crippen LogP contribution in [0, 0.1) is 20.8 Å². The normalized spacial score (nSPS) is 12.5. The summed E-state index contributed by atoms with van der Waals surface area (Å²) in [5.41, 5.74) is 3.76. The Morgan fingerprint density at radius 2 is 1.78 bits per heavy atom. The summed E-state index contributed by atoms with van der Waals surface area (Å²) in [6.45, 7) is 12.4. The first kappa shape index (κ1) is 15.0. The number of benzene rings is 1. The van der Waals surface area contributed by atoms with Gasteiger partial charge in [0.1, 0.15) is 12.4 Å². The first-order valence-corrected chi connectivity index (χ1v) is 6.98. The minimum atomic E-state index is 0.582. The van der Waals surface area contributed by atoms with Gasteiger partial charge >= 0.3 is 0 Å². The lowest BCUT2D eigenvalue weighted by molar-refractivity contribution is 0.301. The molecule has 102 valence electrons. The summed E-state index contributed by atoms with van der Waals surface area (Å²) in [7, 11) is 0. The van der Waals surface area contributed by atoms with Gasteiger partial charge in [0.25, 0.3) is 0 Å². The van der Waals surface area contributed by atoms with Crippen LogP contribution >= 0.6 is 0 Å². The number of nitrogens with one attached hydrogen (secondary N) is 1. The van der Waals surface area contributed by atoms with Crippen LogP contribution in [0.4, 0.5) is 0 Å². The molecule has 2 nitrogen and oxygen atoms in total. The fourth-order valence-corrected chi connectivity index (χ4v) is 2.39. The fourth-order valence-electron chi connectivity index (χ4n) is 2.39. The second kappa shape index (κ2) is 7.42. The predicted octanol–water partition coefficient (Wildman–Crippen LogP) is 3.77. The number of ether oxygens (including phenoxy) is 1. The van der Waals surface area contributed by atoms with Crippen molar-refractivity contribution in [3.05, 3.63) is 28.8 Å². The average Bonchev–Trinajstić information content (AvgIpc) is 2.27. The number of aryl methyl sites for hydroxylation is 3. The molecule has 0 saturated heterocycles. The van der Waals surface area contributed by atoms with Crippen molar-refractivity contribution in [2.45, 2.75) is 53.5 Å². The molecule has 0 spiro atoms. The van der Waals surface area contributed by atoms with E-state index in [1.54, 1.807) is 0 Å². The Labute approximate surface area is 112 Å². The average molecular weight is 249 g/mol. The van der Waals surface area contributed by atoms with Crippen molar-refractivity contribution in [2.24, 2.45) is 0 Å². The maximum Gasteiger partial charge on any atom is 0.125 e. The van der Waals surface area contributed by atoms with Crippen LogP contribution in [0.25, 0.3) is 0 Å². The summed E-state index contributed by atoms with van der Waals surface area (Å²) in [5.74, 6) is 1.05. The summed E-state index contributed by atoms with van der Waals surface area (Å²) in [4.78, 5) is 0. The molecule has 0 aliphatic heterocycles. The molecular weight excluding hydrogens is 222 g/mol. The molecule has 1 aromatic rings. The standard InChI is InChI=1S/C16H27NO/c1-6-7-15(5)17-8-9-18-16-13(3)10-12(2)11-14(16)4/h10-11,15,17H,6-9H2,1-5H3. The van der Waals surface area contributed by atoms with Crippen molar-refractivity contribution >= 4 is 0 Å². The molecule has 1 atom stereocenters. The minimum Gasteiger partial charge on any atom is -0.492 e. The third-order valence-corrected chi connectivity index (χ3v) is 3.17. The number of hydrogen-bond donors (Lipinski definition) is 1. The van der Waals surface area contributed by atoms with Crippen LogP contribution in [-0.4, -0.2) is 19.2 Å². The summed E-state index contributed by atoms with van der Waals surface area (Å²) in [5, 5.41) is 3.48. The molecule has 18 heavy (non-hydrogen) atoms. The Morgan fingerprint density at radius 1 is 1.17 bits per heavy atom. The van der Waals surface area contributed by atoms with Crippen molar-refractivity contribution < 1.29 is 4.74 Å². The van der Waals surface area contributed by atoms with Crippen molar-refractivity contribution in [1.82, 2.24) is 5.32 Å². The second-order valence-electron chi connectivity index (χ2n) is 5.22. The summed E-state index contributed by atoms with van der Waals surface area (Å²) in [6.07, 6.45) is 2.45. The van der Waals surface area contributed by atoms with Crippen LogP contribution in [0.2, 0.25) is 0 Å². The molecule has 0 radical (unpaired) electrons. The van der Waals surface area contributed by atoms with Gasteiger partial charge in [-0.25, -0.2) is 0 Å². The largest absolute Gasteiger partial charge is 0.492 e. The maximum atomic E-state index is 5.89. The Balaban J connectivity index is 2.40. The third kappa shape index (κ3) is 4.69. The summed E-state index contributed by atoms with van der Waals surface area (Å²) in [6, 6.07) is 4.93. The van der Waals surface area contributed by atoms with Crippen molar-refractivity contribution in [2.75, 3.05) is 13.2 Å². The molecule has 2 heteroatoms. The highest BCUT2D eigenvalue weighted by Crippen LogP contribution is 2.24. The van der Waals surface area contributed by atoms with E-state index in [2.05, 4.69) is 52.1 Å². The van der Waals surface area contributed by atoms with Gasteiger partial charge in [0.15, 0.2) is 0 Å². The molecule has 1 aromatic carbocycles. The quantitative estimate of drug-likeness (QED) is 0.743. The monoisotopic (exact) mass is 249 g/mol. The zero-order valence-electron chi connectivity index (χ0n) is 12.5. The molecule has 1 unspecified atom stereocenters. The topological polar surface area (TPSA) is 21.3 Å². The molecule has 0 aliphatic rings. The summed E-state index contributed by atoms with van der Waals surface area (Å²) < 4.78 is 5.89. The van der Waals surface area contributed by atoms with Gasteiger partial charge in [-0.1, -0.05) is 31.0 Å². The van der Waals surface area contributed by atoms with Crippen LogP contribution < -0.4 is 10.1 Å². The van der Waals surface area contributed by atoms with Gasteiger partial charge in [0.2, 0.25) is 0 Å². The lowest BCUT2D eigenvalue weighted by atomic mass is 10.1. The van der Waals surface area contributed by atoms with E-state index in [9.17, 15) is 0 Å². The Morgan fingerprint density at radius 3 is 2.33 bits per heavy atom. The van der Waals surface area contributed by atoms with Gasteiger partial charge < -0.3 is 10.1 Å². The Hall–Kier alpha value is -1.02. The van der Waals surface area contributed by atoms with Gasteiger partial charge in [-0.2, -0.15) is 0 Å². The van der Waals surface area contributed by atoms with Crippen molar-refractivity contribution in [3.63, 3.8) is 0 Å². The molecule has 0 bridgehead atoms. The van der Waals surface area contributed by atoms with Crippen LogP contribution in [0.3, 0.4) is 0 Å². The number of hydrogen-bond acceptors (Lipinski definition) is 2. The third-order valence-electron chi connectivity index (χ3n) is 3.17. The second-order valence-corrected chi connectivity index (χ2v) is 5.22. The Bertz CT molecular complexity index is 350. The van der Waals surface area contributed by atoms with Gasteiger partial charge in [-0.15, -0.1) is 0 Å². The number of rotatable bonds is 7. The van der Waals surface area contributed by atoms with Crippen LogP contribution in [-0.2, 0) is 0 Å². The molecule has 0 aliphatic carbocycles. The first-order chi connectivity index (χ1) is 8.54. The molecular formula is C16H27NO. The molecule has 0 saturated carbocycles. The molecule has 0 heterocycles. The highest BCUT2D eigenvalue weighted by molar-refractivity contribution is 5.42. The lowest BCUT2D eigenvalue weighted by Gasteiger charge is -2.15. The van der Waals surface area contributed by atoms with Gasteiger partial charge in [0, 0.05) is 12.6 Å². The fraction of sp³-hybridized carbons (Fsp3) is 0.625. The zero-order chi connectivity index (χ0) is 13.5. The predicted molar refractivity (Wildman–Crippen MR) is 78.5 cm³/mol.